The number of nitrogens with zero attached hydrogens (tertiary/aromatic N) is 1. The minimum atomic E-state index is -0.980. The molecule has 188 valence electrons. The van der Waals surface area contributed by atoms with E-state index >= 15 is 0 Å². The molecule has 0 saturated carbocycles. The summed E-state index contributed by atoms with van der Waals surface area (Å²) in [5, 5.41) is 15.9. The first-order chi connectivity index (χ1) is 17.3. The molecule has 3 unspecified atom stereocenters. The first-order valence-electron chi connectivity index (χ1n) is 11.9. The number of carbonyl (C=O) groups is 2. The zero-order valence-electron chi connectivity index (χ0n) is 20.8. The van der Waals surface area contributed by atoms with Crippen molar-refractivity contribution in [3.05, 3.63) is 81.8 Å². The largest absolute Gasteiger partial charge is 0.508 e. The molecule has 1 aromatic heterocycles. The number of allylic oxidation sites excluding steroid dienone is 1. The smallest absolute Gasteiger partial charge is 0.336 e. The number of aromatic nitrogens is 1. The third-order valence-electron chi connectivity index (χ3n) is 6.40. The van der Waals surface area contributed by atoms with Gasteiger partial charge in [-0.2, -0.15) is 0 Å². The Morgan fingerprint density at radius 2 is 1.81 bits per heavy atom. The number of thiazole rings is 1. The van der Waals surface area contributed by atoms with Crippen LogP contribution in [0.3, 0.4) is 0 Å². The van der Waals surface area contributed by atoms with E-state index in [-0.39, 0.29) is 19.0 Å². The average Bonchev–Trinajstić information content (AvgIpc) is 3.36. The SMILES string of the molecule is CCOC(=O)C1=C(C)NC(C)(c2nc(-c3cccc(O)c3)cs2)C(C(=O)OCC)C1c1ccccc1. The first kappa shape index (κ1) is 25.4. The number of phenolic OH excluding ortho intramolecular Hbond substituents is 1. The molecular weight excluding hydrogens is 476 g/mol. The van der Waals surface area contributed by atoms with Gasteiger partial charge in [-0.05, 0) is 45.4 Å². The van der Waals surface area contributed by atoms with Crippen LogP contribution in [-0.2, 0) is 24.6 Å². The van der Waals surface area contributed by atoms with Crippen LogP contribution in [0.5, 0.6) is 5.75 Å². The zero-order chi connectivity index (χ0) is 25.9. The van der Waals surface area contributed by atoms with Gasteiger partial charge in [0, 0.05) is 22.6 Å². The maximum Gasteiger partial charge on any atom is 0.336 e. The van der Waals surface area contributed by atoms with Gasteiger partial charge in [-0.3, -0.25) is 4.79 Å². The Labute approximate surface area is 214 Å². The van der Waals surface area contributed by atoms with E-state index in [0.717, 1.165) is 11.1 Å². The number of benzene rings is 2. The lowest BCUT2D eigenvalue weighted by Crippen LogP contribution is -2.55. The van der Waals surface area contributed by atoms with Crippen molar-refractivity contribution in [1.82, 2.24) is 10.3 Å². The number of esters is 2. The minimum absolute atomic E-state index is 0.149. The molecule has 2 N–H and O–H groups in total. The monoisotopic (exact) mass is 506 g/mol. The van der Waals surface area contributed by atoms with Gasteiger partial charge in [-0.1, -0.05) is 42.5 Å². The fourth-order valence-electron chi connectivity index (χ4n) is 4.88. The Morgan fingerprint density at radius 3 is 2.47 bits per heavy atom. The van der Waals surface area contributed by atoms with Crippen LogP contribution in [0.25, 0.3) is 11.3 Å². The molecule has 8 heteroatoms. The number of phenols is 1. The second-order valence-corrected chi connectivity index (χ2v) is 9.65. The van der Waals surface area contributed by atoms with E-state index in [1.807, 2.05) is 55.6 Å². The number of hydrogen-bond donors (Lipinski definition) is 2. The van der Waals surface area contributed by atoms with Crippen LogP contribution in [-0.4, -0.2) is 35.2 Å². The molecule has 2 aromatic carbocycles. The van der Waals surface area contributed by atoms with E-state index in [1.54, 1.807) is 32.0 Å². The summed E-state index contributed by atoms with van der Waals surface area (Å²) in [5.74, 6) is -2.15. The summed E-state index contributed by atoms with van der Waals surface area (Å²) >= 11 is 1.41. The second-order valence-electron chi connectivity index (χ2n) is 8.79. The Balaban J connectivity index is 1.90. The third-order valence-corrected chi connectivity index (χ3v) is 7.48. The van der Waals surface area contributed by atoms with Crippen molar-refractivity contribution in [2.45, 2.75) is 39.2 Å². The van der Waals surface area contributed by atoms with E-state index in [4.69, 9.17) is 14.5 Å². The number of hydrogen-bond acceptors (Lipinski definition) is 8. The van der Waals surface area contributed by atoms with Crippen LogP contribution in [0.1, 0.15) is 44.2 Å². The van der Waals surface area contributed by atoms with Crippen molar-refractivity contribution in [1.29, 1.82) is 0 Å². The molecule has 0 aliphatic carbocycles. The predicted octanol–water partition coefficient (Wildman–Crippen LogP) is 5.13. The zero-order valence-corrected chi connectivity index (χ0v) is 21.6. The molecule has 36 heavy (non-hydrogen) atoms. The number of aromatic hydroxyl groups is 1. The van der Waals surface area contributed by atoms with Gasteiger partial charge in [-0.15, -0.1) is 11.3 Å². The Bertz CT molecular complexity index is 1290. The molecular formula is C28H30N2O5S. The average molecular weight is 507 g/mol. The Morgan fingerprint density at radius 1 is 1.08 bits per heavy atom. The lowest BCUT2D eigenvalue weighted by molar-refractivity contribution is -0.152. The molecule has 0 fully saturated rings. The molecule has 1 aliphatic heterocycles. The Kier molecular flexibility index (Phi) is 7.45. The van der Waals surface area contributed by atoms with Crippen molar-refractivity contribution < 1.29 is 24.2 Å². The molecule has 2 heterocycles. The summed E-state index contributed by atoms with van der Waals surface area (Å²) in [4.78, 5) is 31.7. The predicted molar refractivity (Wildman–Crippen MR) is 138 cm³/mol. The number of rotatable bonds is 7. The Hall–Kier alpha value is -3.65. The molecule has 0 bridgehead atoms. The van der Waals surface area contributed by atoms with Gasteiger partial charge in [0.25, 0.3) is 0 Å². The van der Waals surface area contributed by atoms with Crippen molar-refractivity contribution in [2.24, 2.45) is 5.92 Å². The highest BCUT2D eigenvalue weighted by molar-refractivity contribution is 7.10. The summed E-state index contributed by atoms with van der Waals surface area (Å²) in [5.41, 5.74) is 2.32. The van der Waals surface area contributed by atoms with Crippen molar-refractivity contribution in [3.8, 4) is 17.0 Å². The lowest BCUT2D eigenvalue weighted by atomic mass is 9.67. The van der Waals surface area contributed by atoms with Crippen molar-refractivity contribution >= 4 is 23.3 Å². The van der Waals surface area contributed by atoms with Crippen LogP contribution in [0, 0.1) is 5.92 Å². The van der Waals surface area contributed by atoms with E-state index < -0.39 is 29.3 Å². The van der Waals surface area contributed by atoms with Gasteiger partial charge in [0.1, 0.15) is 16.3 Å². The van der Waals surface area contributed by atoms with Gasteiger partial charge in [0.05, 0.1) is 30.4 Å². The van der Waals surface area contributed by atoms with Crippen molar-refractivity contribution in [2.75, 3.05) is 13.2 Å². The standard InChI is InChI=1S/C28H30N2O5S/c1-5-34-25(32)22-17(3)30-28(4,27-29-21(16-36-27)19-13-10-14-20(31)15-19)24(26(33)35-6-2)23(22)18-11-8-7-9-12-18/h7-16,23-24,30-31H,5-6H2,1-4H3. The quantitative estimate of drug-likeness (QED) is 0.429. The molecule has 0 saturated heterocycles. The normalized spacial score (nSPS) is 21.6. The van der Waals surface area contributed by atoms with Gasteiger partial charge in [0.15, 0.2) is 0 Å². The maximum absolute atomic E-state index is 13.6. The fraction of sp³-hybridized carbons (Fsp3) is 0.321. The topological polar surface area (TPSA) is 97.8 Å². The highest BCUT2D eigenvalue weighted by Crippen LogP contribution is 2.49. The van der Waals surface area contributed by atoms with Gasteiger partial charge >= 0.3 is 11.9 Å². The molecule has 0 amide bonds. The van der Waals surface area contributed by atoms with Gasteiger partial charge in [-0.25, -0.2) is 9.78 Å². The summed E-state index contributed by atoms with van der Waals surface area (Å²) in [7, 11) is 0. The fourth-order valence-corrected chi connectivity index (χ4v) is 5.86. The summed E-state index contributed by atoms with van der Waals surface area (Å²) < 4.78 is 11.0. The summed E-state index contributed by atoms with van der Waals surface area (Å²) in [6.07, 6.45) is 0. The highest BCUT2D eigenvalue weighted by Gasteiger charge is 2.54. The minimum Gasteiger partial charge on any atom is -0.508 e. The molecule has 3 atom stereocenters. The molecule has 7 nitrogen and oxygen atoms in total. The maximum atomic E-state index is 13.6. The molecule has 1 aliphatic rings. The van der Waals surface area contributed by atoms with E-state index in [2.05, 4.69) is 5.32 Å². The number of carbonyl (C=O) groups excluding carboxylic acids is 2. The summed E-state index contributed by atoms with van der Waals surface area (Å²) in [6, 6.07) is 16.4. The second kappa shape index (κ2) is 10.5. The number of ether oxygens (including phenoxy) is 2. The van der Waals surface area contributed by atoms with Gasteiger partial charge < -0.3 is 19.9 Å². The highest BCUT2D eigenvalue weighted by atomic mass is 32.1. The lowest BCUT2D eigenvalue weighted by Gasteiger charge is -2.45. The van der Waals surface area contributed by atoms with Crippen LogP contribution < -0.4 is 5.32 Å². The molecule has 0 spiro atoms. The molecule has 3 aromatic rings. The van der Waals surface area contributed by atoms with Gasteiger partial charge in [0.2, 0.25) is 0 Å². The van der Waals surface area contributed by atoms with E-state index in [9.17, 15) is 14.7 Å². The van der Waals surface area contributed by atoms with Crippen molar-refractivity contribution in [3.63, 3.8) is 0 Å². The molecule has 4 rings (SSSR count). The third kappa shape index (κ3) is 4.73. The van der Waals surface area contributed by atoms with E-state index in [1.165, 1.54) is 11.3 Å². The van der Waals surface area contributed by atoms with Crippen LogP contribution in [0.4, 0.5) is 0 Å². The number of nitrogens with one attached hydrogen (secondary N) is 1. The van der Waals surface area contributed by atoms with Crippen LogP contribution >= 0.6 is 11.3 Å². The summed E-state index contributed by atoms with van der Waals surface area (Å²) in [6.45, 7) is 7.69. The molecule has 0 radical (unpaired) electrons. The van der Waals surface area contributed by atoms with Crippen LogP contribution in [0.2, 0.25) is 0 Å². The van der Waals surface area contributed by atoms with E-state index in [0.29, 0.717) is 22.0 Å². The first-order valence-corrected chi connectivity index (χ1v) is 12.8. The van der Waals surface area contributed by atoms with Crippen LogP contribution in [0.15, 0.2) is 71.2 Å².